The lowest BCUT2D eigenvalue weighted by atomic mass is 10.1. The van der Waals surface area contributed by atoms with Crippen molar-refractivity contribution in [2.45, 2.75) is 65.4 Å². The summed E-state index contributed by atoms with van der Waals surface area (Å²) in [5, 5.41) is 12.7. The molecule has 0 saturated carbocycles. The van der Waals surface area contributed by atoms with Crippen LogP contribution >= 0.6 is 0 Å². The number of nitrogens with one attached hydrogen (secondary N) is 1. The second-order valence-electron chi connectivity index (χ2n) is 6.67. The zero-order valence-corrected chi connectivity index (χ0v) is 18.1. The van der Waals surface area contributed by atoms with Crippen LogP contribution in [0.4, 0.5) is 5.69 Å². The summed E-state index contributed by atoms with van der Waals surface area (Å²) in [4.78, 5) is 17.6. The third kappa shape index (κ3) is 6.82. The number of sulfonamides is 1. The molecule has 1 aromatic rings. The molecule has 8 nitrogen and oxygen atoms in total. The molecule has 2 atom stereocenters. The number of hydrogen-bond donors (Lipinski definition) is 2. The highest BCUT2D eigenvalue weighted by molar-refractivity contribution is 7.90. The topological polar surface area (TPSA) is 105 Å². The number of unbranched alkanes of at least 4 members (excludes halogenated alkanes) is 1. The quantitative estimate of drug-likeness (QED) is 0.401. The Bertz CT molecular complexity index is 718. The minimum atomic E-state index is -4.45. The number of carbonyl (C=O) groups is 1. The summed E-state index contributed by atoms with van der Waals surface area (Å²) < 4.78 is 31.4. The number of amides is 1. The second kappa shape index (κ2) is 11.5. The van der Waals surface area contributed by atoms with Gasteiger partial charge in [0.25, 0.3) is 21.4 Å². The van der Waals surface area contributed by atoms with E-state index in [9.17, 15) is 18.3 Å². The number of benzene rings is 1. The van der Waals surface area contributed by atoms with Gasteiger partial charge in [0.15, 0.2) is 6.79 Å². The van der Waals surface area contributed by atoms with E-state index < -0.39 is 21.4 Å². The van der Waals surface area contributed by atoms with Gasteiger partial charge in [0, 0.05) is 12.2 Å². The van der Waals surface area contributed by atoms with Crippen molar-refractivity contribution >= 4 is 21.6 Å². The molecular formula is C19H32N2O6S. The molecule has 0 heterocycles. The van der Waals surface area contributed by atoms with Crippen LogP contribution in [0.2, 0.25) is 0 Å². The van der Waals surface area contributed by atoms with Crippen molar-refractivity contribution in [3.05, 3.63) is 29.3 Å². The molecule has 1 aromatic carbocycles. The minimum Gasteiger partial charge on any atom is -0.368 e. The highest BCUT2D eigenvalue weighted by atomic mass is 32.2. The molecule has 0 spiro atoms. The molecule has 0 radical (unpaired) electrons. The van der Waals surface area contributed by atoms with E-state index in [1.165, 1.54) is 0 Å². The first-order valence-corrected chi connectivity index (χ1v) is 11.0. The van der Waals surface area contributed by atoms with Crippen LogP contribution in [0.1, 0.15) is 51.2 Å². The average molecular weight is 417 g/mol. The average Bonchev–Trinajstić information content (AvgIpc) is 2.66. The molecule has 0 saturated heterocycles. The number of hydrogen-bond acceptors (Lipinski definition) is 6. The molecule has 1 amide bonds. The molecular weight excluding hydrogens is 384 g/mol. The number of aliphatic hydroxyl groups excluding tert-OH is 1. The summed E-state index contributed by atoms with van der Waals surface area (Å²) in [5.74, 6) is -1.04. The molecule has 9 heteroatoms. The number of aryl methyl sites for hydroxylation is 2. The summed E-state index contributed by atoms with van der Waals surface area (Å²) >= 11 is 0. The predicted octanol–water partition coefficient (Wildman–Crippen LogP) is 2.70. The fourth-order valence-electron chi connectivity index (χ4n) is 2.32. The van der Waals surface area contributed by atoms with Gasteiger partial charge in [-0.05, 0) is 44.7 Å². The first-order chi connectivity index (χ1) is 13.1. The van der Waals surface area contributed by atoms with E-state index in [0.717, 1.165) is 17.5 Å². The number of anilines is 1. The molecule has 0 fully saturated rings. The van der Waals surface area contributed by atoms with Crippen molar-refractivity contribution in [1.29, 1.82) is 0 Å². The molecule has 1 rings (SSSR count). The highest BCUT2D eigenvalue weighted by Crippen LogP contribution is 2.21. The zero-order valence-electron chi connectivity index (χ0n) is 17.3. The Labute approximate surface area is 167 Å². The van der Waals surface area contributed by atoms with Crippen LogP contribution < -0.4 is 5.32 Å². The Morgan fingerprint density at radius 1 is 1.25 bits per heavy atom. The molecule has 2 N–H and O–H groups in total. The van der Waals surface area contributed by atoms with Crippen LogP contribution in [0.3, 0.4) is 0 Å². The fraction of sp³-hybridized carbons (Fsp3) is 0.632. The van der Waals surface area contributed by atoms with Gasteiger partial charge in [0.05, 0.1) is 6.10 Å². The fourth-order valence-corrected chi connectivity index (χ4v) is 3.44. The summed E-state index contributed by atoms with van der Waals surface area (Å²) in [6.45, 7) is 8.95. The molecule has 2 unspecified atom stereocenters. The maximum absolute atomic E-state index is 12.7. The summed E-state index contributed by atoms with van der Waals surface area (Å²) in [6, 6.07) is 5.39. The van der Waals surface area contributed by atoms with Crippen LogP contribution in [0.5, 0.6) is 0 Å². The smallest absolute Gasteiger partial charge is 0.272 e. The van der Waals surface area contributed by atoms with Crippen molar-refractivity contribution in [1.82, 2.24) is 4.47 Å². The van der Waals surface area contributed by atoms with Gasteiger partial charge in [-0.1, -0.05) is 42.9 Å². The van der Waals surface area contributed by atoms with Crippen LogP contribution in [0, 0.1) is 13.8 Å². The SMILES string of the molecule is CCCCN(OCOC(C)CC)S(=O)(=O)C(O)C(=O)Nc1c(C)cccc1C. The van der Waals surface area contributed by atoms with Crippen molar-refractivity contribution < 1.29 is 27.9 Å². The lowest BCUT2D eigenvalue weighted by Crippen LogP contribution is -2.45. The molecule has 0 bridgehead atoms. The summed E-state index contributed by atoms with van der Waals surface area (Å²) in [7, 11) is -4.45. The molecule has 0 aliphatic carbocycles. The Kier molecular flexibility index (Phi) is 10.0. The number of nitrogens with zero attached hydrogens (tertiary/aromatic N) is 1. The first-order valence-electron chi connectivity index (χ1n) is 9.46. The Morgan fingerprint density at radius 3 is 2.39 bits per heavy atom. The standard InChI is InChI=1S/C19H32N2O6S/c1-6-8-12-21(27-13-26-16(5)7-2)28(24,25)19(23)18(22)20-17-14(3)10-9-11-15(17)4/h9-11,16,19,23H,6-8,12-13H2,1-5H3,(H,20,22). The van der Waals surface area contributed by atoms with E-state index in [1.807, 2.05) is 26.8 Å². The largest absolute Gasteiger partial charge is 0.368 e. The monoisotopic (exact) mass is 416 g/mol. The zero-order chi connectivity index (χ0) is 21.3. The van der Waals surface area contributed by atoms with Gasteiger partial charge < -0.3 is 15.2 Å². The van der Waals surface area contributed by atoms with Gasteiger partial charge in [-0.15, -0.1) is 0 Å². The minimum absolute atomic E-state index is 0.0103. The molecule has 0 aliphatic heterocycles. The Balaban J connectivity index is 2.91. The number of rotatable bonds is 12. The van der Waals surface area contributed by atoms with Crippen molar-refractivity contribution in [2.24, 2.45) is 0 Å². The molecule has 0 aromatic heterocycles. The van der Waals surface area contributed by atoms with Gasteiger partial charge in [-0.2, -0.15) is 0 Å². The lowest BCUT2D eigenvalue weighted by molar-refractivity contribution is -0.189. The van der Waals surface area contributed by atoms with Crippen molar-refractivity contribution in [3.63, 3.8) is 0 Å². The number of ether oxygens (including phenoxy) is 1. The van der Waals surface area contributed by atoms with E-state index in [-0.39, 0.29) is 19.4 Å². The van der Waals surface area contributed by atoms with E-state index in [1.54, 1.807) is 26.0 Å². The van der Waals surface area contributed by atoms with Crippen LogP contribution in [-0.4, -0.2) is 48.8 Å². The van der Waals surface area contributed by atoms with Crippen LogP contribution in [-0.2, 0) is 24.4 Å². The predicted molar refractivity (Wildman–Crippen MR) is 108 cm³/mol. The maximum Gasteiger partial charge on any atom is 0.272 e. The first kappa shape index (κ1) is 24.5. The van der Waals surface area contributed by atoms with Gasteiger partial charge in [0.1, 0.15) is 0 Å². The van der Waals surface area contributed by atoms with E-state index in [4.69, 9.17) is 9.57 Å². The highest BCUT2D eigenvalue weighted by Gasteiger charge is 2.37. The molecule has 160 valence electrons. The lowest BCUT2D eigenvalue weighted by Gasteiger charge is -2.24. The molecule has 28 heavy (non-hydrogen) atoms. The van der Waals surface area contributed by atoms with Gasteiger partial charge in [0.2, 0.25) is 0 Å². The van der Waals surface area contributed by atoms with Gasteiger partial charge in [-0.3, -0.25) is 9.63 Å². The van der Waals surface area contributed by atoms with E-state index in [0.29, 0.717) is 23.0 Å². The van der Waals surface area contributed by atoms with E-state index in [2.05, 4.69) is 5.32 Å². The normalized spacial score (nSPS) is 14.1. The van der Waals surface area contributed by atoms with E-state index >= 15 is 0 Å². The van der Waals surface area contributed by atoms with Gasteiger partial charge >= 0.3 is 0 Å². The van der Waals surface area contributed by atoms with Crippen molar-refractivity contribution in [3.8, 4) is 0 Å². The van der Waals surface area contributed by atoms with Gasteiger partial charge in [-0.25, -0.2) is 8.42 Å². The maximum atomic E-state index is 12.7. The van der Waals surface area contributed by atoms with Crippen LogP contribution in [0.15, 0.2) is 18.2 Å². The molecule has 0 aliphatic rings. The third-order valence-corrected chi connectivity index (χ3v) is 5.97. The number of aliphatic hydroxyl groups is 1. The summed E-state index contributed by atoms with van der Waals surface area (Å²) in [6.07, 6.45) is 1.86. The Morgan fingerprint density at radius 2 is 1.86 bits per heavy atom. The second-order valence-corrected chi connectivity index (χ2v) is 8.55. The number of carbonyl (C=O) groups excluding carboxylic acids is 1. The number of para-hydroxylation sites is 1. The van der Waals surface area contributed by atoms with Crippen molar-refractivity contribution in [2.75, 3.05) is 18.7 Å². The number of hydroxylamine groups is 1. The summed E-state index contributed by atoms with van der Waals surface area (Å²) in [5.41, 5.74) is -0.298. The Hall–Kier alpha value is -1.52. The van der Waals surface area contributed by atoms with Crippen LogP contribution in [0.25, 0.3) is 0 Å². The third-order valence-electron chi connectivity index (χ3n) is 4.34.